The van der Waals surface area contributed by atoms with Gasteiger partial charge in [0.05, 0.1) is 10.0 Å². The maximum absolute atomic E-state index is 12.6. The van der Waals surface area contributed by atoms with Crippen molar-refractivity contribution in [2.45, 2.75) is 6.42 Å². The lowest BCUT2D eigenvalue weighted by Gasteiger charge is -2.34. The first-order valence-electron chi connectivity index (χ1n) is 8.14. The van der Waals surface area contributed by atoms with Crippen molar-refractivity contribution in [2.75, 3.05) is 32.7 Å². The monoisotopic (exact) mass is 362 g/mol. The van der Waals surface area contributed by atoms with E-state index in [9.17, 15) is 4.79 Å². The van der Waals surface area contributed by atoms with Crippen LogP contribution in [0.3, 0.4) is 0 Å². The molecule has 1 aliphatic heterocycles. The van der Waals surface area contributed by atoms with Crippen molar-refractivity contribution in [1.82, 2.24) is 9.80 Å². The molecule has 3 rings (SSSR count). The molecule has 0 saturated carbocycles. The predicted octanol–water partition coefficient (Wildman–Crippen LogP) is 3.99. The van der Waals surface area contributed by atoms with Crippen LogP contribution in [0.15, 0.2) is 48.5 Å². The fraction of sp³-hybridized carbons (Fsp3) is 0.316. The van der Waals surface area contributed by atoms with Gasteiger partial charge < -0.3 is 4.90 Å². The van der Waals surface area contributed by atoms with E-state index in [2.05, 4.69) is 29.2 Å². The molecule has 1 saturated heterocycles. The standard InChI is InChI=1S/C19H20Cl2N2O/c20-17-7-6-16(14-18(17)21)19(24)23-12-10-22(11-13-23)9-8-15-4-2-1-3-5-15/h1-7,14H,8-13H2. The quantitative estimate of drug-likeness (QED) is 0.820. The van der Waals surface area contributed by atoms with E-state index in [0.717, 1.165) is 39.1 Å². The topological polar surface area (TPSA) is 23.6 Å². The van der Waals surface area contributed by atoms with E-state index < -0.39 is 0 Å². The van der Waals surface area contributed by atoms with Gasteiger partial charge in [0, 0.05) is 38.3 Å². The van der Waals surface area contributed by atoms with E-state index in [0.29, 0.717) is 15.6 Å². The summed E-state index contributed by atoms with van der Waals surface area (Å²) in [5.74, 6) is 0.0243. The smallest absolute Gasteiger partial charge is 0.253 e. The maximum atomic E-state index is 12.6. The Balaban J connectivity index is 1.51. The molecule has 1 fully saturated rings. The van der Waals surface area contributed by atoms with Crippen LogP contribution in [-0.2, 0) is 6.42 Å². The molecule has 0 atom stereocenters. The molecule has 0 spiro atoms. The van der Waals surface area contributed by atoms with Crippen molar-refractivity contribution in [1.29, 1.82) is 0 Å². The molecular formula is C19H20Cl2N2O. The van der Waals surface area contributed by atoms with Crippen molar-refractivity contribution in [3.8, 4) is 0 Å². The second-order valence-electron chi connectivity index (χ2n) is 6.00. The molecule has 1 aliphatic rings. The average molecular weight is 363 g/mol. The number of carbonyl (C=O) groups is 1. The van der Waals surface area contributed by atoms with Gasteiger partial charge in [0.25, 0.3) is 5.91 Å². The minimum Gasteiger partial charge on any atom is -0.336 e. The molecule has 0 radical (unpaired) electrons. The van der Waals surface area contributed by atoms with Crippen molar-refractivity contribution >= 4 is 29.1 Å². The highest BCUT2D eigenvalue weighted by molar-refractivity contribution is 6.42. The maximum Gasteiger partial charge on any atom is 0.253 e. The Morgan fingerprint density at radius 1 is 0.917 bits per heavy atom. The number of piperazine rings is 1. The van der Waals surface area contributed by atoms with Gasteiger partial charge in [0.2, 0.25) is 0 Å². The Morgan fingerprint density at radius 2 is 1.62 bits per heavy atom. The summed E-state index contributed by atoms with van der Waals surface area (Å²) in [6, 6.07) is 15.6. The lowest BCUT2D eigenvalue weighted by molar-refractivity contribution is 0.0638. The van der Waals surface area contributed by atoms with E-state index in [4.69, 9.17) is 23.2 Å². The molecule has 2 aromatic rings. The van der Waals surface area contributed by atoms with Crippen LogP contribution >= 0.6 is 23.2 Å². The summed E-state index contributed by atoms with van der Waals surface area (Å²) in [5, 5.41) is 0.892. The highest BCUT2D eigenvalue weighted by atomic mass is 35.5. The fourth-order valence-corrected chi connectivity index (χ4v) is 3.22. The highest BCUT2D eigenvalue weighted by Crippen LogP contribution is 2.23. The molecule has 1 heterocycles. The first-order chi connectivity index (χ1) is 11.6. The molecule has 0 N–H and O–H groups in total. The highest BCUT2D eigenvalue weighted by Gasteiger charge is 2.22. The van der Waals surface area contributed by atoms with Crippen molar-refractivity contribution in [2.24, 2.45) is 0 Å². The molecule has 1 amide bonds. The van der Waals surface area contributed by atoms with E-state index >= 15 is 0 Å². The van der Waals surface area contributed by atoms with Gasteiger partial charge in [-0.25, -0.2) is 0 Å². The van der Waals surface area contributed by atoms with Crippen LogP contribution in [0.1, 0.15) is 15.9 Å². The van der Waals surface area contributed by atoms with E-state index in [1.165, 1.54) is 5.56 Å². The number of rotatable bonds is 4. The van der Waals surface area contributed by atoms with Gasteiger partial charge in [0.15, 0.2) is 0 Å². The third kappa shape index (κ3) is 4.29. The molecule has 0 bridgehead atoms. The largest absolute Gasteiger partial charge is 0.336 e. The Morgan fingerprint density at radius 3 is 2.29 bits per heavy atom. The summed E-state index contributed by atoms with van der Waals surface area (Å²) < 4.78 is 0. The summed E-state index contributed by atoms with van der Waals surface area (Å²) in [7, 11) is 0. The Hall–Kier alpha value is -1.55. The Bertz CT molecular complexity index is 698. The van der Waals surface area contributed by atoms with Gasteiger partial charge in [0.1, 0.15) is 0 Å². The SMILES string of the molecule is O=C(c1ccc(Cl)c(Cl)c1)N1CCN(CCc2ccccc2)CC1. The molecule has 2 aromatic carbocycles. The molecule has 3 nitrogen and oxygen atoms in total. The number of halogens is 2. The van der Waals surface area contributed by atoms with Gasteiger partial charge in [-0.3, -0.25) is 9.69 Å². The summed E-state index contributed by atoms with van der Waals surface area (Å²) in [5.41, 5.74) is 1.95. The lowest BCUT2D eigenvalue weighted by Crippen LogP contribution is -2.49. The summed E-state index contributed by atoms with van der Waals surface area (Å²) >= 11 is 11.9. The zero-order chi connectivity index (χ0) is 16.9. The van der Waals surface area contributed by atoms with Crippen LogP contribution in [-0.4, -0.2) is 48.4 Å². The van der Waals surface area contributed by atoms with Gasteiger partial charge in [-0.05, 0) is 30.2 Å². The molecule has 0 aromatic heterocycles. The minimum absolute atomic E-state index is 0.0243. The number of hydrogen-bond acceptors (Lipinski definition) is 2. The third-order valence-electron chi connectivity index (χ3n) is 4.39. The molecule has 0 aliphatic carbocycles. The van der Waals surface area contributed by atoms with E-state index in [-0.39, 0.29) is 5.91 Å². The minimum atomic E-state index is 0.0243. The Kier molecular flexibility index (Phi) is 5.77. The first-order valence-corrected chi connectivity index (χ1v) is 8.90. The summed E-state index contributed by atoms with van der Waals surface area (Å²) in [6.07, 6.45) is 1.04. The number of nitrogens with zero attached hydrogens (tertiary/aromatic N) is 2. The number of amides is 1. The second kappa shape index (κ2) is 8.02. The van der Waals surface area contributed by atoms with Gasteiger partial charge in [-0.2, -0.15) is 0 Å². The van der Waals surface area contributed by atoms with Crippen molar-refractivity contribution in [3.63, 3.8) is 0 Å². The molecule has 126 valence electrons. The van der Waals surface area contributed by atoms with Crippen LogP contribution in [0.2, 0.25) is 10.0 Å². The number of benzene rings is 2. The molecule has 0 unspecified atom stereocenters. The predicted molar refractivity (Wildman–Crippen MR) is 99.0 cm³/mol. The molecule has 24 heavy (non-hydrogen) atoms. The fourth-order valence-electron chi connectivity index (χ4n) is 2.92. The van der Waals surface area contributed by atoms with Crippen LogP contribution in [0.4, 0.5) is 0 Å². The molecule has 5 heteroatoms. The zero-order valence-electron chi connectivity index (χ0n) is 13.4. The number of carbonyl (C=O) groups excluding carboxylic acids is 1. The molecular weight excluding hydrogens is 343 g/mol. The van der Waals surface area contributed by atoms with Gasteiger partial charge >= 0.3 is 0 Å². The van der Waals surface area contributed by atoms with Crippen LogP contribution in [0.25, 0.3) is 0 Å². The van der Waals surface area contributed by atoms with Crippen molar-refractivity contribution in [3.05, 3.63) is 69.7 Å². The Labute approximate surface area is 152 Å². The van der Waals surface area contributed by atoms with Crippen LogP contribution in [0.5, 0.6) is 0 Å². The summed E-state index contributed by atoms with van der Waals surface area (Å²) in [6.45, 7) is 4.32. The summed E-state index contributed by atoms with van der Waals surface area (Å²) in [4.78, 5) is 16.9. The second-order valence-corrected chi connectivity index (χ2v) is 6.81. The van der Waals surface area contributed by atoms with Crippen molar-refractivity contribution < 1.29 is 4.79 Å². The average Bonchev–Trinajstić information content (AvgIpc) is 2.63. The van der Waals surface area contributed by atoms with Crippen LogP contribution in [0, 0.1) is 0 Å². The van der Waals surface area contributed by atoms with E-state index in [1.807, 2.05) is 11.0 Å². The third-order valence-corrected chi connectivity index (χ3v) is 5.12. The van der Waals surface area contributed by atoms with Gasteiger partial charge in [-0.15, -0.1) is 0 Å². The lowest BCUT2D eigenvalue weighted by atomic mass is 10.1. The van der Waals surface area contributed by atoms with Gasteiger partial charge in [-0.1, -0.05) is 53.5 Å². The van der Waals surface area contributed by atoms with E-state index in [1.54, 1.807) is 18.2 Å². The normalized spacial score (nSPS) is 15.5. The van der Waals surface area contributed by atoms with Crippen LogP contribution < -0.4 is 0 Å². The first kappa shape index (κ1) is 17.3. The number of hydrogen-bond donors (Lipinski definition) is 0. The zero-order valence-corrected chi connectivity index (χ0v) is 14.9.